The molecule has 230 valence electrons. The van der Waals surface area contributed by atoms with Crippen molar-refractivity contribution in [1.29, 1.82) is 0 Å². The maximum atomic E-state index is 13.7. The van der Waals surface area contributed by atoms with Crippen LogP contribution < -0.4 is 21.1 Å². The van der Waals surface area contributed by atoms with Crippen LogP contribution in [-0.2, 0) is 29.8 Å². The van der Waals surface area contributed by atoms with Gasteiger partial charge in [-0.15, -0.1) is 0 Å². The van der Waals surface area contributed by atoms with Crippen molar-refractivity contribution in [3.63, 3.8) is 0 Å². The van der Waals surface area contributed by atoms with Crippen molar-refractivity contribution >= 4 is 33.4 Å². The lowest BCUT2D eigenvalue weighted by atomic mass is 9.76. The highest BCUT2D eigenvalue weighted by Gasteiger charge is 2.40. The van der Waals surface area contributed by atoms with E-state index in [1.807, 2.05) is 69.7 Å². The average Bonchev–Trinajstić information content (AvgIpc) is 2.91. The van der Waals surface area contributed by atoms with Crippen LogP contribution in [0, 0.1) is 11.2 Å². The van der Waals surface area contributed by atoms with Gasteiger partial charge in [0, 0.05) is 24.6 Å². The van der Waals surface area contributed by atoms with Crippen molar-refractivity contribution in [3.05, 3.63) is 71.6 Å². The van der Waals surface area contributed by atoms with Crippen molar-refractivity contribution in [1.82, 2.24) is 20.3 Å². The Bertz CT molecular complexity index is 1440. The summed E-state index contributed by atoms with van der Waals surface area (Å²) >= 11 is 0. The quantitative estimate of drug-likeness (QED) is 0.228. The van der Waals surface area contributed by atoms with E-state index in [4.69, 9.17) is 5.73 Å². The number of nitrogens with one attached hydrogen (secondary N) is 3. The zero-order chi connectivity index (χ0) is 32.0. The van der Waals surface area contributed by atoms with Gasteiger partial charge in [-0.2, -0.15) is 0 Å². The molecule has 42 heavy (non-hydrogen) atoms. The Hall–Kier alpha value is -3.77. The van der Waals surface area contributed by atoms with E-state index in [0.717, 1.165) is 23.8 Å². The van der Waals surface area contributed by atoms with Crippen molar-refractivity contribution < 1.29 is 27.2 Å². The largest absolute Gasteiger partial charge is 0.396 e. The Morgan fingerprint density at radius 3 is 2.14 bits per heavy atom. The molecular weight excluding hydrogens is 561 g/mol. The number of carbonyl (C=O) groups excluding carboxylic acids is 3. The molecule has 0 saturated carbocycles. The molecule has 0 radical (unpaired) electrons. The van der Waals surface area contributed by atoms with E-state index in [1.54, 1.807) is 7.05 Å². The van der Waals surface area contributed by atoms with Gasteiger partial charge in [-0.05, 0) is 43.1 Å². The van der Waals surface area contributed by atoms with Crippen LogP contribution in [0.2, 0.25) is 0 Å². The van der Waals surface area contributed by atoms with Crippen LogP contribution in [0.5, 0.6) is 0 Å². The summed E-state index contributed by atoms with van der Waals surface area (Å²) in [4.78, 5) is 40.5. The summed E-state index contributed by atoms with van der Waals surface area (Å²) in [6, 6.07) is 10.9. The van der Waals surface area contributed by atoms with Crippen LogP contribution in [0.1, 0.15) is 47.1 Å². The summed E-state index contributed by atoms with van der Waals surface area (Å²) in [6.45, 7) is 10.7. The minimum Gasteiger partial charge on any atom is -0.396 e. The van der Waals surface area contributed by atoms with Gasteiger partial charge in [0.05, 0.1) is 16.6 Å². The number of nitrogens with two attached hydrogens (primary N) is 1. The molecule has 5 N–H and O–H groups in total. The van der Waals surface area contributed by atoms with E-state index in [-0.39, 0.29) is 23.7 Å². The van der Waals surface area contributed by atoms with Crippen molar-refractivity contribution in [2.75, 3.05) is 26.4 Å². The molecule has 0 bridgehead atoms. The number of benzene rings is 2. The van der Waals surface area contributed by atoms with Crippen molar-refractivity contribution in [2.45, 2.75) is 63.9 Å². The second-order valence-electron chi connectivity index (χ2n) is 11.8. The number of halogens is 1. The second kappa shape index (κ2) is 13.5. The maximum absolute atomic E-state index is 13.7. The molecule has 12 heteroatoms. The molecule has 2 aromatic carbocycles. The van der Waals surface area contributed by atoms with Crippen LogP contribution in [0.4, 0.5) is 10.1 Å². The number of likely N-dealkylation sites (N-methyl/N-ethyl adjacent to an activating group) is 2. The molecule has 2 rings (SSSR count). The molecule has 2 atom stereocenters. The van der Waals surface area contributed by atoms with Gasteiger partial charge in [0.15, 0.2) is 0 Å². The average molecular weight is 604 g/mol. The van der Waals surface area contributed by atoms with Crippen LogP contribution in [-0.4, -0.2) is 63.8 Å². The number of nitrogens with zero attached hydrogens (tertiary/aromatic N) is 1. The van der Waals surface area contributed by atoms with Crippen LogP contribution >= 0.6 is 0 Å². The Morgan fingerprint density at radius 2 is 1.62 bits per heavy atom. The number of hydrogen-bond donors (Lipinski definition) is 4. The SMILES string of the molecule is CN[C@H](C(=O)NC(C(=O)N(C)C/C=C(\C)C(=O)NS(=O)(=O)c1ccc(N)c(F)c1)C(C)(C)C)C(C)(C)c1ccccc1. The smallest absolute Gasteiger partial charge is 0.264 e. The van der Waals surface area contributed by atoms with Gasteiger partial charge in [0.1, 0.15) is 11.9 Å². The fraction of sp³-hybridized carbons (Fsp3) is 0.433. The summed E-state index contributed by atoms with van der Waals surface area (Å²) in [5.74, 6) is -2.60. The number of amides is 3. The molecule has 1 unspecified atom stereocenters. The highest BCUT2D eigenvalue weighted by molar-refractivity contribution is 7.90. The molecule has 0 saturated heterocycles. The molecule has 0 fully saturated rings. The first kappa shape index (κ1) is 34.4. The number of rotatable bonds is 11. The molecule has 0 aliphatic heterocycles. The second-order valence-corrected chi connectivity index (χ2v) is 13.5. The van der Waals surface area contributed by atoms with E-state index in [1.165, 1.54) is 24.9 Å². The van der Waals surface area contributed by atoms with E-state index in [0.29, 0.717) is 0 Å². The van der Waals surface area contributed by atoms with Crippen LogP contribution in [0.25, 0.3) is 0 Å². The van der Waals surface area contributed by atoms with E-state index in [2.05, 4.69) is 10.6 Å². The lowest BCUT2D eigenvalue weighted by Crippen LogP contribution is -2.60. The Balaban J connectivity index is 2.16. The van der Waals surface area contributed by atoms with Crippen LogP contribution in [0.3, 0.4) is 0 Å². The summed E-state index contributed by atoms with van der Waals surface area (Å²) in [7, 11) is -1.15. The van der Waals surface area contributed by atoms with Crippen LogP contribution in [0.15, 0.2) is 65.1 Å². The molecule has 0 aromatic heterocycles. The Morgan fingerprint density at radius 1 is 1.02 bits per heavy atom. The predicted octanol–water partition coefficient (Wildman–Crippen LogP) is 2.71. The molecule has 2 aromatic rings. The zero-order valence-electron chi connectivity index (χ0n) is 25.4. The first-order valence-electron chi connectivity index (χ1n) is 13.4. The van der Waals surface area contributed by atoms with Gasteiger partial charge >= 0.3 is 0 Å². The Kier molecular flexibility index (Phi) is 11.0. The van der Waals surface area contributed by atoms with Crippen molar-refractivity contribution in [2.24, 2.45) is 5.41 Å². The third-order valence-electron chi connectivity index (χ3n) is 7.10. The summed E-state index contributed by atoms with van der Waals surface area (Å²) in [5, 5.41) is 6.01. The molecular formula is C30H42FN5O5S. The predicted molar refractivity (Wildman–Crippen MR) is 161 cm³/mol. The normalized spacial score (nSPS) is 14.1. The fourth-order valence-corrected chi connectivity index (χ4v) is 5.37. The summed E-state index contributed by atoms with van der Waals surface area (Å²) in [6.07, 6.45) is 1.39. The van der Waals surface area contributed by atoms with Gasteiger partial charge < -0.3 is 21.3 Å². The third-order valence-corrected chi connectivity index (χ3v) is 8.43. The number of anilines is 1. The minimum absolute atomic E-state index is 0.0188. The van der Waals surface area contributed by atoms with E-state index >= 15 is 0 Å². The molecule has 0 aliphatic rings. The standard InChI is InChI=1S/C30H42FN5O5S/c1-19(26(37)35-42(40,41)21-14-15-23(32)22(31)18-21)16-17-36(8)28(39)25(29(2,3)4)34-27(38)24(33-7)30(5,6)20-12-10-9-11-13-20/h9-16,18,24-25,33H,17,32H2,1-8H3,(H,34,38)(H,35,37)/b19-16+/t24-,25?/m1/s1. The number of sulfonamides is 1. The molecule has 3 amide bonds. The molecule has 0 heterocycles. The number of carbonyl (C=O) groups is 3. The van der Waals surface area contributed by atoms with Gasteiger partial charge in [-0.25, -0.2) is 17.5 Å². The van der Waals surface area contributed by atoms with Gasteiger partial charge in [-0.3, -0.25) is 14.4 Å². The van der Waals surface area contributed by atoms with E-state index in [9.17, 15) is 27.2 Å². The van der Waals surface area contributed by atoms with Crippen molar-refractivity contribution in [3.8, 4) is 0 Å². The molecule has 0 spiro atoms. The Labute approximate surface area is 248 Å². The highest BCUT2D eigenvalue weighted by Crippen LogP contribution is 2.28. The highest BCUT2D eigenvalue weighted by atomic mass is 32.2. The fourth-order valence-electron chi connectivity index (χ4n) is 4.34. The monoisotopic (exact) mass is 603 g/mol. The molecule has 0 aliphatic carbocycles. The zero-order valence-corrected chi connectivity index (χ0v) is 26.2. The molecule has 10 nitrogen and oxygen atoms in total. The van der Waals surface area contributed by atoms with Gasteiger partial charge in [-0.1, -0.05) is 71.0 Å². The lowest BCUT2D eigenvalue weighted by Gasteiger charge is -2.38. The maximum Gasteiger partial charge on any atom is 0.264 e. The summed E-state index contributed by atoms with van der Waals surface area (Å²) in [5.41, 5.74) is 4.88. The first-order valence-corrected chi connectivity index (χ1v) is 14.9. The van der Waals surface area contributed by atoms with Gasteiger partial charge in [0.25, 0.3) is 15.9 Å². The first-order chi connectivity index (χ1) is 19.3. The summed E-state index contributed by atoms with van der Waals surface area (Å²) < 4.78 is 40.7. The topological polar surface area (TPSA) is 151 Å². The minimum atomic E-state index is -4.36. The number of nitrogen functional groups attached to an aromatic ring is 1. The van der Waals surface area contributed by atoms with E-state index < -0.39 is 55.5 Å². The lowest BCUT2D eigenvalue weighted by molar-refractivity contribution is -0.139. The number of hydrogen-bond acceptors (Lipinski definition) is 7. The third kappa shape index (κ3) is 8.39. The van der Waals surface area contributed by atoms with Gasteiger partial charge in [0.2, 0.25) is 11.8 Å².